The first-order valence-corrected chi connectivity index (χ1v) is 12.3. The molecule has 3 amide bonds. The van der Waals surface area contributed by atoms with Gasteiger partial charge in [-0.3, -0.25) is 19.8 Å². The third kappa shape index (κ3) is 10.00. The molecule has 0 fully saturated rings. The highest BCUT2D eigenvalue weighted by molar-refractivity contribution is 7.89. The second kappa shape index (κ2) is 12.9. The minimum Gasteiger partial charge on any atom is -0.384 e. The van der Waals surface area contributed by atoms with Crippen molar-refractivity contribution in [1.29, 1.82) is 5.41 Å². The highest BCUT2D eigenvalue weighted by Gasteiger charge is 2.30. The Labute approximate surface area is 194 Å². The van der Waals surface area contributed by atoms with E-state index in [1.54, 1.807) is 45.0 Å². The van der Waals surface area contributed by atoms with Gasteiger partial charge in [-0.05, 0) is 24.3 Å². The van der Waals surface area contributed by atoms with E-state index in [9.17, 15) is 22.8 Å². The fraction of sp³-hybridized carbons (Fsp3) is 0.524. The van der Waals surface area contributed by atoms with Gasteiger partial charge in [-0.15, -0.1) is 0 Å². The average Bonchev–Trinajstić information content (AvgIpc) is 2.73. The molecule has 0 bridgehead atoms. The van der Waals surface area contributed by atoms with Gasteiger partial charge in [0.05, 0.1) is 5.75 Å². The van der Waals surface area contributed by atoms with Crippen LogP contribution in [0.4, 0.5) is 0 Å². The van der Waals surface area contributed by atoms with Crippen LogP contribution < -0.4 is 26.8 Å². The number of benzene rings is 1. The fourth-order valence-electron chi connectivity index (χ4n) is 2.94. The number of nitrogens with one attached hydrogen (secondary N) is 4. The summed E-state index contributed by atoms with van der Waals surface area (Å²) in [5.74, 6) is -2.42. The molecule has 11 nitrogen and oxygen atoms in total. The van der Waals surface area contributed by atoms with Crippen LogP contribution in [0.3, 0.4) is 0 Å². The van der Waals surface area contributed by atoms with E-state index in [0.29, 0.717) is 12.0 Å². The van der Waals surface area contributed by atoms with E-state index in [4.69, 9.17) is 16.9 Å². The highest BCUT2D eigenvalue weighted by Crippen LogP contribution is 2.08. The lowest BCUT2D eigenvalue weighted by atomic mass is 10.0. The summed E-state index contributed by atoms with van der Waals surface area (Å²) < 4.78 is 26.7. The number of hydrogen-bond acceptors (Lipinski definition) is 6. The first-order chi connectivity index (χ1) is 15.4. The minimum absolute atomic E-state index is 0.0390. The summed E-state index contributed by atoms with van der Waals surface area (Å²) >= 11 is 0. The summed E-state index contributed by atoms with van der Waals surface area (Å²) in [7, 11) is -3.67. The second-order valence-corrected chi connectivity index (χ2v) is 9.93. The molecule has 0 aliphatic rings. The Bertz CT molecular complexity index is 946. The van der Waals surface area contributed by atoms with Crippen LogP contribution in [0.2, 0.25) is 0 Å². The normalized spacial score (nSPS) is 13.2. The quantitative estimate of drug-likeness (QED) is 0.155. The Morgan fingerprint density at radius 3 is 2.15 bits per heavy atom. The van der Waals surface area contributed by atoms with Crippen molar-refractivity contribution in [2.45, 2.75) is 58.7 Å². The Morgan fingerprint density at radius 2 is 1.67 bits per heavy atom. The topological polar surface area (TPSA) is 197 Å². The number of carbonyl (C=O) groups is 3. The van der Waals surface area contributed by atoms with Crippen molar-refractivity contribution >= 4 is 33.6 Å². The van der Waals surface area contributed by atoms with Crippen LogP contribution >= 0.6 is 0 Å². The smallest absolute Gasteiger partial charge is 0.242 e. The molecule has 2 atom stereocenters. The zero-order valence-corrected chi connectivity index (χ0v) is 20.0. The van der Waals surface area contributed by atoms with E-state index in [2.05, 4.69) is 15.4 Å². The van der Waals surface area contributed by atoms with Crippen LogP contribution in [0.5, 0.6) is 0 Å². The first-order valence-electron chi connectivity index (χ1n) is 10.7. The SMILES string of the molecule is CCCS(=O)(=O)N[C@@H](C(=O)N[C@@H](CCC(N)=O)C(=O)NCc1ccc(C(=N)N)cc1)C(C)C. The van der Waals surface area contributed by atoms with Crippen LogP contribution in [-0.4, -0.2) is 49.8 Å². The van der Waals surface area contributed by atoms with E-state index in [1.165, 1.54) is 0 Å². The van der Waals surface area contributed by atoms with Gasteiger partial charge in [0, 0.05) is 18.5 Å². The molecule has 0 aliphatic carbocycles. The molecular weight excluding hydrogens is 448 g/mol. The molecule has 0 aromatic heterocycles. The lowest BCUT2D eigenvalue weighted by molar-refractivity contribution is -0.131. The van der Waals surface area contributed by atoms with Gasteiger partial charge < -0.3 is 22.1 Å². The summed E-state index contributed by atoms with van der Waals surface area (Å²) in [5.41, 5.74) is 11.9. The van der Waals surface area contributed by atoms with Crippen molar-refractivity contribution in [1.82, 2.24) is 15.4 Å². The summed E-state index contributed by atoms with van der Waals surface area (Å²) in [4.78, 5) is 36.8. The Hall–Kier alpha value is -2.99. The maximum atomic E-state index is 12.8. The molecule has 1 rings (SSSR count). The van der Waals surface area contributed by atoms with Gasteiger partial charge in [-0.2, -0.15) is 0 Å². The summed E-state index contributed by atoms with van der Waals surface area (Å²) in [5, 5.41) is 12.6. The number of carbonyl (C=O) groups excluding carboxylic acids is 3. The van der Waals surface area contributed by atoms with E-state index in [-0.39, 0.29) is 36.9 Å². The van der Waals surface area contributed by atoms with Crippen LogP contribution in [0.15, 0.2) is 24.3 Å². The predicted octanol–water partition coefficient (Wildman–Crippen LogP) is -0.309. The number of amides is 3. The van der Waals surface area contributed by atoms with Crippen molar-refractivity contribution in [2.24, 2.45) is 17.4 Å². The van der Waals surface area contributed by atoms with Crippen LogP contribution in [-0.2, 0) is 31.0 Å². The van der Waals surface area contributed by atoms with Crippen molar-refractivity contribution in [3.63, 3.8) is 0 Å². The zero-order valence-electron chi connectivity index (χ0n) is 19.2. The van der Waals surface area contributed by atoms with Crippen molar-refractivity contribution in [3.8, 4) is 0 Å². The molecule has 1 aromatic rings. The number of hydrogen-bond donors (Lipinski definition) is 6. The third-order valence-corrected chi connectivity index (χ3v) is 6.33. The number of nitrogens with two attached hydrogens (primary N) is 2. The Kier molecular flexibility index (Phi) is 11.0. The number of sulfonamides is 1. The monoisotopic (exact) mass is 482 g/mol. The Balaban J connectivity index is 2.91. The molecule has 0 radical (unpaired) electrons. The molecule has 184 valence electrons. The molecule has 33 heavy (non-hydrogen) atoms. The first kappa shape index (κ1) is 28.0. The Morgan fingerprint density at radius 1 is 1.06 bits per heavy atom. The molecule has 0 unspecified atom stereocenters. The maximum Gasteiger partial charge on any atom is 0.242 e. The zero-order chi connectivity index (χ0) is 25.2. The maximum absolute atomic E-state index is 12.8. The van der Waals surface area contributed by atoms with Crippen LogP contribution in [0.1, 0.15) is 51.2 Å². The van der Waals surface area contributed by atoms with Gasteiger partial charge in [-0.25, -0.2) is 13.1 Å². The lowest BCUT2D eigenvalue weighted by Gasteiger charge is -2.25. The molecule has 12 heteroatoms. The summed E-state index contributed by atoms with van der Waals surface area (Å²) in [6, 6.07) is 4.52. The van der Waals surface area contributed by atoms with Crippen LogP contribution in [0, 0.1) is 11.3 Å². The van der Waals surface area contributed by atoms with Gasteiger partial charge in [0.25, 0.3) is 0 Å². The molecule has 0 heterocycles. The average molecular weight is 483 g/mol. The van der Waals surface area contributed by atoms with Crippen molar-refractivity contribution in [2.75, 3.05) is 5.75 Å². The van der Waals surface area contributed by atoms with Crippen LogP contribution in [0.25, 0.3) is 0 Å². The number of primary amides is 1. The number of nitrogen functional groups attached to an aromatic ring is 1. The summed E-state index contributed by atoms with van der Waals surface area (Å²) in [6.45, 7) is 5.21. The lowest BCUT2D eigenvalue weighted by Crippen LogP contribution is -2.55. The molecule has 1 aromatic carbocycles. The number of rotatable bonds is 14. The highest BCUT2D eigenvalue weighted by atomic mass is 32.2. The molecular formula is C21H34N6O5S. The molecule has 0 aliphatic heterocycles. The van der Waals surface area contributed by atoms with Crippen molar-refractivity contribution in [3.05, 3.63) is 35.4 Å². The second-order valence-electron chi connectivity index (χ2n) is 8.05. The molecule has 0 spiro atoms. The van der Waals surface area contributed by atoms with E-state index < -0.39 is 39.8 Å². The van der Waals surface area contributed by atoms with Gasteiger partial charge in [0.15, 0.2) is 0 Å². The van der Waals surface area contributed by atoms with Gasteiger partial charge >= 0.3 is 0 Å². The van der Waals surface area contributed by atoms with Gasteiger partial charge in [0.1, 0.15) is 17.9 Å². The fourth-order valence-corrected chi connectivity index (χ4v) is 4.37. The van der Waals surface area contributed by atoms with E-state index >= 15 is 0 Å². The molecule has 0 saturated carbocycles. The van der Waals surface area contributed by atoms with Gasteiger partial charge in [0.2, 0.25) is 27.7 Å². The summed E-state index contributed by atoms with van der Waals surface area (Å²) in [6.07, 6.45) is 0.209. The number of amidine groups is 1. The van der Waals surface area contributed by atoms with Crippen molar-refractivity contribution < 1.29 is 22.8 Å². The van der Waals surface area contributed by atoms with E-state index in [0.717, 1.165) is 5.56 Å². The standard InChI is InChI=1S/C21H34N6O5S/c1-4-11-33(31,32)27-18(13(2)3)21(30)26-16(9-10-17(22)28)20(29)25-12-14-5-7-15(8-6-14)19(23)24/h5-8,13,16,18,27H,4,9-12H2,1-3H3,(H2,22,28)(H3,23,24)(H,25,29)(H,26,30)/t16-,18+/m0/s1. The third-order valence-electron chi connectivity index (χ3n) is 4.77. The predicted molar refractivity (Wildman–Crippen MR) is 126 cm³/mol. The molecule has 0 saturated heterocycles. The van der Waals surface area contributed by atoms with E-state index in [1.807, 2.05) is 0 Å². The van der Waals surface area contributed by atoms with Gasteiger partial charge in [-0.1, -0.05) is 45.0 Å². The minimum atomic E-state index is -3.67. The largest absolute Gasteiger partial charge is 0.384 e. The molecule has 8 N–H and O–H groups in total.